The van der Waals surface area contributed by atoms with Crippen LogP contribution in [-0.2, 0) is 0 Å². The van der Waals surface area contributed by atoms with Crippen LogP contribution in [0.2, 0.25) is 5.02 Å². The topological polar surface area (TPSA) is 32.9 Å². The van der Waals surface area contributed by atoms with Crippen LogP contribution in [0.3, 0.4) is 0 Å². The molecule has 1 heterocycles. The lowest BCUT2D eigenvalue weighted by molar-refractivity contribution is 0.628. The summed E-state index contributed by atoms with van der Waals surface area (Å²) in [4.78, 5) is 15.6. The number of hydrogen-bond acceptors (Lipinski definition) is 1. The van der Waals surface area contributed by atoms with Gasteiger partial charge in [0.25, 0.3) is 0 Å². The van der Waals surface area contributed by atoms with Gasteiger partial charge in [-0.3, -0.25) is 4.79 Å². The van der Waals surface area contributed by atoms with Crippen LogP contribution >= 0.6 is 11.6 Å². The molecule has 100 valence electrons. The molecular formula is C16H11ClFNO. The average molecular weight is 288 g/mol. The van der Waals surface area contributed by atoms with Gasteiger partial charge in [-0.2, -0.15) is 0 Å². The third kappa shape index (κ3) is 2.10. The van der Waals surface area contributed by atoms with E-state index in [9.17, 15) is 9.18 Å². The summed E-state index contributed by atoms with van der Waals surface area (Å²) in [5.41, 5.74) is 2.71. The first-order valence-corrected chi connectivity index (χ1v) is 6.52. The summed E-state index contributed by atoms with van der Waals surface area (Å²) in [7, 11) is 0. The van der Waals surface area contributed by atoms with Crippen LogP contribution in [0.1, 0.15) is 5.56 Å². The van der Waals surface area contributed by atoms with E-state index >= 15 is 0 Å². The van der Waals surface area contributed by atoms with E-state index in [4.69, 9.17) is 11.6 Å². The van der Waals surface area contributed by atoms with Crippen molar-refractivity contribution in [1.82, 2.24) is 4.98 Å². The Morgan fingerprint density at radius 3 is 2.50 bits per heavy atom. The van der Waals surface area contributed by atoms with Crippen molar-refractivity contribution in [1.29, 1.82) is 0 Å². The molecular weight excluding hydrogens is 277 g/mol. The SMILES string of the molecule is Cc1c(-c2ccc(F)cc2)[nH]c2ccc(Cl)cc2c1=O. The summed E-state index contributed by atoms with van der Waals surface area (Å²) in [6.45, 7) is 1.75. The van der Waals surface area contributed by atoms with E-state index in [0.717, 1.165) is 5.56 Å². The molecule has 1 aromatic heterocycles. The molecule has 0 spiro atoms. The highest BCUT2D eigenvalue weighted by atomic mass is 35.5. The number of pyridine rings is 1. The number of aromatic nitrogens is 1. The van der Waals surface area contributed by atoms with Gasteiger partial charge in [0.1, 0.15) is 5.82 Å². The predicted molar refractivity (Wildman–Crippen MR) is 79.7 cm³/mol. The van der Waals surface area contributed by atoms with E-state index < -0.39 is 0 Å². The molecule has 0 atom stereocenters. The van der Waals surface area contributed by atoms with E-state index in [1.54, 1.807) is 37.3 Å². The van der Waals surface area contributed by atoms with Gasteiger partial charge in [0.2, 0.25) is 0 Å². The van der Waals surface area contributed by atoms with Gasteiger partial charge in [-0.1, -0.05) is 11.6 Å². The van der Waals surface area contributed by atoms with E-state index in [2.05, 4.69) is 4.98 Å². The van der Waals surface area contributed by atoms with Crippen molar-refractivity contribution < 1.29 is 4.39 Å². The molecule has 0 saturated heterocycles. The predicted octanol–water partition coefficient (Wildman–Crippen LogP) is 4.30. The van der Waals surface area contributed by atoms with Crippen LogP contribution in [0.15, 0.2) is 47.3 Å². The number of H-pyrrole nitrogens is 1. The van der Waals surface area contributed by atoms with Crippen LogP contribution in [0.5, 0.6) is 0 Å². The van der Waals surface area contributed by atoms with Crippen molar-refractivity contribution in [3.05, 3.63) is 69.1 Å². The van der Waals surface area contributed by atoms with Gasteiger partial charge in [-0.05, 0) is 55.0 Å². The van der Waals surface area contributed by atoms with E-state index in [-0.39, 0.29) is 11.2 Å². The number of rotatable bonds is 1. The Morgan fingerprint density at radius 2 is 1.80 bits per heavy atom. The molecule has 3 aromatic rings. The number of nitrogens with one attached hydrogen (secondary N) is 1. The third-order valence-electron chi connectivity index (χ3n) is 3.33. The second-order valence-electron chi connectivity index (χ2n) is 4.65. The summed E-state index contributed by atoms with van der Waals surface area (Å²) in [5.74, 6) is -0.304. The van der Waals surface area contributed by atoms with E-state index in [1.807, 2.05) is 0 Å². The third-order valence-corrected chi connectivity index (χ3v) is 3.57. The van der Waals surface area contributed by atoms with Crippen molar-refractivity contribution in [3.63, 3.8) is 0 Å². The second kappa shape index (κ2) is 4.76. The fourth-order valence-electron chi connectivity index (χ4n) is 2.26. The lowest BCUT2D eigenvalue weighted by atomic mass is 10.0. The van der Waals surface area contributed by atoms with Crippen molar-refractivity contribution in [2.45, 2.75) is 6.92 Å². The zero-order valence-electron chi connectivity index (χ0n) is 10.7. The van der Waals surface area contributed by atoms with Crippen LogP contribution in [0.4, 0.5) is 4.39 Å². The minimum atomic E-state index is -0.304. The number of fused-ring (bicyclic) bond motifs is 1. The standard InChI is InChI=1S/C16H11ClFNO/c1-9-15(10-2-5-12(18)6-3-10)19-14-7-4-11(17)8-13(14)16(9)20/h2-8H,1H3,(H,19,20). The fraction of sp³-hybridized carbons (Fsp3) is 0.0625. The maximum Gasteiger partial charge on any atom is 0.192 e. The molecule has 0 unspecified atom stereocenters. The first-order chi connectivity index (χ1) is 9.56. The van der Waals surface area contributed by atoms with Crippen LogP contribution in [0.25, 0.3) is 22.2 Å². The molecule has 0 aliphatic heterocycles. The van der Waals surface area contributed by atoms with Gasteiger partial charge in [0.05, 0.1) is 5.69 Å². The molecule has 0 aliphatic carbocycles. The lowest BCUT2D eigenvalue weighted by Crippen LogP contribution is -2.09. The lowest BCUT2D eigenvalue weighted by Gasteiger charge is -2.09. The molecule has 0 aliphatic rings. The Bertz CT molecular complexity index is 853. The van der Waals surface area contributed by atoms with Crippen molar-refractivity contribution in [3.8, 4) is 11.3 Å². The first-order valence-electron chi connectivity index (χ1n) is 6.14. The summed E-state index contributed by atoms with van der Waals surface area (Å²) < 4.78 is 13.0. The maximum absolute atomic E-state index is 13.0. The Balaban J connectivity index is 2.32. The summed E-state index contributed by atoms with van der Waals surface area (Å²) >= 11 is 5.92. The second-order valence-corrected chi connectivity index (χ2v) is 5.09. The molecule has 4 heteroatoms. The molecule has 2 nitrogen and oxygen atoms in total. The Morgan fingerprint density at radius 1 is 1.10 bits per heavy atom. The Kier molecular flexibility index (Phi) is 3.07. The highest BCUT2D eigenvalue weighted by Gasteiger charge is 2.10. The van der Waals surface area contributed by atoms with Crippen molar-refractivity contribution in [2.24, 2.45) is 0 Å². The molecule has 0 bridgehead atoms. The highest BCUT2D eigenvalue weighted by molar-refractivity contribution is 6.31. The summed E-state index contributed by atoms with van der Waals surface area (Å²) in [6, 6.07) is 11.2. The van der Waals surface area contributed by atoms with E-state index in [0.29, 0.717) is 27.2 Å². The van der Waals surface area contributed by atoms with Gasteiger partial charge in [0, 0.05) is 21.5 Å². The molecule has 0 saturated carbocycles. The Hall–Kier alpha value is -2.13. The van der Waals surface area contributed by atoms with Crippen LogP contribution < -0.4 is 5.43 Å². The quantitative estimate of drug-likeness (QED) is 0.711. The monoisotopic (exact) mass is 287 g/mol. The minimum absolute atomic E-state index is 0.0689. The van der Waals surface area contributed by atoms with Crippen LogP contribution in [0, 0.1) is 12.7 Å². The molecule has 2 aromatic carbocycles. The summed E-state index contributed by atoms with van der Waals surface area (Å²) in [6.07, 6.45) is 0. The van der Waals surface area contributed by atoms with Gasteiger partial charge in [0.15, 0.2) is 5.43 Å². The number of aromatic amines is 1. The molecule has 0 radical (unpaired) electrons. The molecule has 0 amide bonds. The van der Waals surface area contributed by atoms with E-state index in [1.165, 1.54) is 12.1 Å². The molecule has 20 heavy (non-hydrogen) atoms. The molecule has 0 fully saturated rings. The van der Waals surface area contributed by atoms with Gasteiger partial charge >= 0.3 is 0 Å². The average Bonchev–Trinajstić information content (AvgIpc) is 2.44. The van der Waals surface area contributed by atoms with Gasteiger partial charge < -0.3 is 4.98 Å². The number of halogens is 2. The Labute approximate surface area is 119 Å². The van der Waals surface area contributed by atoms with Crippen molar-refractivity contribution >= 4 is 22.5 Å². The summed E-state index contributed by atoms with van der Waals surface area (Å²) in [5, 5.41) is 1.08. The normalized spacial score (nSPS) is 10.9. The number of benzene rings is 2. The zero-order chi connectivity index (χ0) is 14.3. The van der Waals surface area contributed by atoms with Crippen LogP contribution in [-0.4, -0.2) is 4.98 Å². The molecule has 3 rings (SSSR count). The smallest absolute Gasteiger partial charge is 0.192 e. The first kappa shape index (κ1) is 12.9. The molecule has 1 N–H and O–H groups in total. The highest BCUT2D eigenvalue weighted by Crippen LogP contribution is 2.23. The maximum atomic E-state index is 13.0. The van der Waals surface area contributed by atoms with Gasteiger partial charge in [-0.25, -0.2) is 4.39 Å². The number of hydrogen-bond donors (Lipinski definition) is 1. The largest absolute Gasteiger partial charge is 0.354 e. The fourth-order valence-corrected chi connectivity index (χ4v) is 2.43. The minimum Gasteiger partial charge on any atom is -0.354 e. The van der Waals surface area contributed by atoms with Gasteiger partial charge in [-0.15, -0.1) is 0 Å². The van der Waals surface area contributed by atoms with Crippen molar-refractivity contribution in [2.75, 3.05) is 0 Å². The zero-order valence-corrected chi connectivity index (χ0v) is 11.5.